The van der Waals surface area contributed by atoms with Crippen LogP contribution in [-0.2, 0) is 0 Å². The summed E-state index contributed by atoms with van der Waals surface area (Å²) in [5.41, 5.74) is 9.70. The Morgan fingerprint density at radius 2 is 1.14 bits per heavy atom. The van der Waals surface area contributed by atoms with Crippen molar-refractivity contribution < 1.29 is 0 Å². The lowest BCUT2D eigenvalue weighted by molar-refractivity contribution is 1.33. The number of imidazole rings is 2. The van der Waals surface area contributed by atoms with E-state index in [-0.39, 0.29) is 0 Å². The molecule has 0 aliphatic rings. The number of rotatable bonds is 3. The topological polar surface area (TPSA) is 57.4 Å². The maximum atomic E-state index is 4.89. The van der Waals surface area contributed by atoms with E-state index in [1.54, 1.807) is 0 Å². The lowest BCUT2D eigenvalue weighted by Crippen LogP contribution is -1.82. The Morgan fingerprint density at radius 3 is 1.89 bits per heavy atom. The minimum atomic E-state index is 0.890. The molecule has 4 nitrogen and oxygen atoms in total. The molecule has 0 spiro atoms. The van der Waals surface area contributed by atoms with Crippen molar-refractivity contribution in [1.29, 1.82) is 0 Å². The van der Waals surface area contributed by atoms with Crippen LogP contribution in [0.3, 0.4) is 0 Å². The van der Waals surface area contributed by atoms with Gasteiger partial charge in [0.05, 0.1) is 22.1 Å². The molecule has 7 rings (SSSR count). The van der Waals surface area contributed by atoms with E-state index < -0.39 is 0 Å². The molecule has 0 saturated carbocycles. The Balaban J connectivity index is 1.28. The van der Waals surface area contributed by atoms with E-state index in [9.17, 15) is 0 Å². The number of nitrogens with one attached hydrogen (secondary N) is 2. The molecule has 35 heavy (non-hydrogen) atoms. The Bertz CT molecular complexity index is 1850. The summed E-state index contributed by atoms with van der Waals surface area (Å²) in [6, 6.07) is 36.0. The highest BCUT2D eigenvalue weighted by atomic mass is 14.9. The van der Waals surface area contributed by atoms with Crippen LogP contribution in [-0.4, -0.2) is 19.9 Å². The lowest BCUT2D eigenvalue weighted by Gasteiger charge is -2.03. The molecule has 2 aromatic heterocycles. The first kappa shape index (κ1) is 19.7. The van der Waals surface area contributed by atoms with Gasteiger partial charge in [-0.1, -0.05) is 84.4 Å². The summed E-state index contributed by atoms with van der Waals surface area (Å²) in [4.78, 5) is 16.7. The molecule has 5 aromatic carbocycles. The molecular weight excluding hydrogens is 428 g/mol. The van der Waals surface area contributed by atoms with Gasteiger partial charge >= 0.3 is 0 Å². The van der Waals surface area contributed by atoms with Gasteiger partial charge in [0.15, 0.2) is 0 Å². The Labute approximate surface area is 202 Å². The lowest BCUT2D eigenvalue weighted by atomic mass is 10.0. The second-order valence-electron chi connectivity index (χ2n) is 9.03. The van der Waals surface area contributed by atoms with Crippen LogP contribution in [0.4, 0.5) is 0 Å². The summed E-state index contributed by atoms with van der Waals surface area (Å²) < 4.78 is 0. The highest BCUT2D eigenvalue weighted by molar-refractivity contribution is 5.97. The summed E-state index contributed by atoms with van der Waals surface area (Å²) in [5, 5.41) is 2.41. The smallest absolute Gasteiger partial charge is 0.139 e. The molecule has 0 bridgehead atoms. The number of aromatic nitrogens is 4. The molecule has 2 heterocycles. The minimum Gasteiger partial charge on any atom is -0.338 e. The average Bonchev–Trinajstić information content (AvgIpc) is 3.52. The van der Waals surface area contributed by atoms with E-state index in [1.807, 2.05) is 0 Å². The molecule has 0 unspecified atom stereocenters. The molecule has 0 atom stereocenters. The molecule has 0 fully saturated rings. The van der Waals surface area contributed by atoms with Crippen LogP contribution in [0.2, 0.25) is 0 Å². The van der Waals surface area contributed by atoms with Crippen LogP contribution in [0.25, 0.3) is 66.7 Å². The van der Waals surface area contributed by atoms with Crippen molar-refractivity contribution in [3.05, 3.63) is 109 Å². The van der Waals surface area contributed by atoms with E-state index in [0.717, 1.165) is 56.0 Å². The highest BCUT2D eigenvalue weighted by Crippen LogP contribution is 2.31. The van der Waals surface area contributed by atoms with Gasteiger partial charge in [0.25, 0.3) is 0 Å². The normalized spacial score (nSPS) is 11.6. The molecule has 0 amide bonds. The first-order valence-corrected chi connectivity index (χ1v) is 11.8. The predicted molar refractivity (Wildman–Crippen MR) is 144 cm³/mol. The number of nitrogens with zero attached hydrogens (tertiary/aromatic N) is 2. The maximum Gasteiger partial charge on any atom is 0.139 e. The Kier molecular flexibility index (Phi) is 4.33. The van der Waals surface area contributed by atoms with Gasteiger partial charge in [0.1, 0.15) is 11.6 Å². The van der Waals surface area contributed by atoms with Crippen molar-refractivity contribution in [1.82, 2.24) is 19.9 Å². The van der Waals surface area contributed by atoms with Crippen molar-refractivity contribution >= 4 is 32.8 Å². The first-order valence-electron chi connectivity index (χ1n) is 11.8. The van der Waals surface area contributed by atoms with Gasteiger partial charge in [0.2, 0.25) is 0 Å². The fourth-order valence-corrected chi connectivity index (χ4v) is 4.79. The number of fused-ring (bicyclic) bond motifs is 3. The highest BCUT2D eigenvalue weighted by Gasteiger charge is 2.11. The average molecular weight is 451 g/mol. The van der Waals surface area contributed by atoms with E-state index >= 15 is 0 Å². The van der Waals surface area contributed by atoms with Gasteiger partial charge in [-0.15, -0.1) is 0 Å². The number of hydrogen-bond acceptors (Lipinski definition) is 2. The van der Waals surface area contributed by atoms with E-state index in [4.69, 9.17) is 9.97 Å². The van der Waals surface area contributed by atoms with Crippen LogP contribution in [0.15, 0.2) is 103 Å². The van der Waals surface area contributed by atoms with Gasteiger partial charge in [0, 0.05) is 11.1 Å². The predicted octanol–water partition coefficient (Wildman–Crippen LogP) is 7.90. The molecule has 4 heteroatoms. The minimum absolute atomic E-state index is 0.890. The number of hydrogen-bond donors (Lipinski definition) is 2. The van der Waals surface area contributed by atoms with E-state index in [2.05, 4.69) is 120 Å². The van der Waals surface area contributed by atoms with Crippen LogP contribution in [0, 0.1) is 6.92 Å². The fourth-order valence-electron chi connectivity index (χ4n) is 4.79. The van der Waals surface area contributed by atoms with E-state index in [0.29, 0.717) is 0 Å². The molecule has 0 aliphatic heterocycles. The Morgan fingerprint density at radius 1 is 0.543 bits per heavy atom. The SMILES string of the molecule is Cc1ccc(-c2nc3ccc(-c4ccc5nc(-c6cccc7ccccc67)[nH]c5c4)cc3[nH]2)cc1. The summed E-state index contributed by atoms with van der Waals surface area (Å²) in [5.74, 6) is 1.78. The van der Waals surface area contributed by atoms with Crippen LogP contribution in [0.5, 0.6) is 0 Å². The van der Waals surface area contributed by atoms with Crippen molar-refractivity contribution in [2.24, 2.45) is 0 Å². The van der Waals surface area contributed by atoms with Gasteiger partial charge < -0.3 is 9.97 Å². The van der Waals surface area contributed by atoms with Crippen LogP contribution < -0.4 is 0 Å². The number of benzene rings is 5. The van der Waals surface area contributed by atoms with Crippen molar-refractivity contribution in [3.8, 4) is 33.9 Å². The van der Waals surface area contributed by atoms with Crippen LogP contribution >= 0.6 is 0 Å². The quantitative estimate of drug-likeness (QED) is 0.287. The van der Waals surface area contributed by atoms with Gasteiger partial charge in [-0.3, -0.25) is 0 Å². The third kappa shape index (κ3) is 3.39. The van der Waals surface area contributed by atoms with Crippen molar-refractivity contribution in [3.63, 3.8) is 0 Å². The van der Waals surface area contributed by atoms with Gasteiger partial charge in [-0.05, 0) is 53.1 Å². The molecular formula is C31H22N4. The summed E-state index contributed by atoms with van der Waals surface area (Å²) in [7, 11) is 0. The monoisotopic (exact) mass is 450 g/mol. The third-order valence-corrected chi connectivity index (χ3v) is 6.67. The van der Waals surface area contributed by atoms with Crippen molar-refractivity contribution in [2.45, 2.75) is 6.92 Å². The zero-order valence-corrected chi connectivity index (χ0v) is 19.2. The second-order valence-corrected chi connectivity index (χ2v) is 9.03. The summed E-state index contributed by atoms with van der Waals surface area (Å²) >= 11 is 0. The van der Waals surface area contributed by atoms with E-state index in [1.165, 1.54) is 16.3 Å². The number of aromatic amines is 2. The molecule has 0 radical (unpaired) electrons. The maximum absolute atomic E-state index is 4.89. The standard InChI is InChI=1S/C31H22N4/c1-19-9-11-21(12-10-19)30-32-26-15-13-22(17-28(26)34-30)23-14-16-27-29(18-23)35-31(33-27)25-8-4-6-20-5-2-3-7-24(20)25/h2-18H,1H3,(H,32,34)(H,33,35). The molecule has 166 valence electrons. The summed E-state index contributed by atoms with van der Waals surface area (Å²) in [6.45, 7) is 2.09. The molecule has 7 aromatic rings. The summed E-state index contributed by atoms with van der Waals surface area (Å²) in [6.07, 6.45) is 0. The third-order valence-electron chi connectivity index (χ3n) is 6.67. The zero-order chi connectivity index (χ0) is 23.4. The molecule has 0 aliphatic carbocycles. The van der Waals surface area contributed by atoms with Crippen LogP contribution in [0.1, 0.15) is 5.56 Å². The number of H-pyrrole nitrogens is 2. The van der Waals surface area contributed by atoms with Crippen molar-refractivity contribution in [2.75, 3.05) is 0 Å². The Hall–Kier alpha value is -4.70. The first-order chi connectivity index (χ1) is 17.2. The largest absolute Gasteiger partial charge is 0.338 e. The zero-order valence-electron chi connectivity index (χ0n) is 19.2. The number of aryl methyl sites for hydroxylation is 1. The second kappa shape index (κ2) is 7.67. The van der Waals surface area contributed by atoms with Gasteiger partial charge in [-0.2, -0.15) is 0 Å². The molecule has 0 saturated heterocycles. The van der Waals surface area contributed by atoms with Gasteiger partial charge in [-0.25, -0.2) is 9.97 Å². The molecule has 2 N–H and O–H groups in total. The fraction of sp³-hybridized carbons (Fsp3) is 0.0323.